The average molecular weight is 327 g/mol. The molecule has 1 aromatic rings. The molecule has 1 aliphatic heterocycles. The Kier molecular flexibility index (Phi) is 3.84. The lowest BCUT2D eigenvalue weighted by molar-refractivity contribution is -0.0751. The van der Waals surface area contributed by atoms with Crippen LogP contribution >= 0.6 is 15.9 Å². The summed E-state index contributed by atoms with van der Waals surface area (Å²) in [6.45, 7) is 7.22. The zero-order valence-corrected chi connectivity index (χ0v) is 12.8. The number of hydrogen-bond donors (Lipinski definition) is 0. The first-order chi connectivity index (χ1) is 8.84. The van der Waals surface area contributed by atoms with Crippen LogP contribution in [0.1, 0.15) is 26.3 Å². The van der Waals surface area contributed by atoms with Crippen molar-refractivity contribution < 1.29 is 9.13 Å². The van der Waals surface area contributed by atoms with Gasteiger partial charge < -0.3 is 9.64 Å². The molecule has 19 heavy (non-hydrogen) atoms. The van der Waals surface area contributed by atoms with E-state index >= 15 is 0 Å². The molecular weight excluding hydrogens is 311 g/mol. The smallest absolute Gasteiger partial charge is 0.161 e. The summed E-state index contributed by atoms with van der Waals surface area (Å²) in [7, 11) is 0. The quantitative estimate of drug-likeness (QED) is 0.792. The first-order valence-electron chi connectivity index (χ1n) is 6.15. The summed E-state index contributed by atoms with van der Waals surface area (Å²) in [5.74, 6) is -0.385. The third-order valence-corrected chi connectivity index (χ3v) is 3.87. The summed E-state index contributed by atoms with van der Waals surface area (Å²) in [5.41, 5.74) is 0.501. The molecule has 1 heterocycles. The van der Waals surface area contributed by atoms with Crippen LogP contribution in [-0.2, 0) is 4.74 Å². The highest BCUT2D eigenvalue weighted by Crippen LogP contribution is 2.32. The van der Waals surface area contributed by atoms with Crippen molar-refractivity contribution in [3.8, 4) is 6.07 Å². The van der Waals surface area contributed by atoms with E-state index in [1.165, 1.54) is 0 Å². The van der Waals surface area contributed by atoms with Gasteiger partial charge >= 0.3 is 0 Å². The summed E-state index contributed by atoms with van der Waals surface area (Å²) in [6.07, 6.45) is 0.0394. The van der Waals surface area contributed by atoms with Crippen molar-refractivity contribution in [3.63, 3.8) is 0 Å². The minimum Gasteiger partial charge on any atom is -0.369 e. The number of anilines is 1. The molecule has 1 fully saturated rings. The van der Waals surface area contributed by atoms with Crippen LogP contribution in [-0.4, -0.2) is 24.8 Å². The largest absolute Gasteiger partial charge is 0.369 e. The predicted octanol–water partition coefficient (Wildman–Crippen LogP) is 3.46. The standard InChI is InChI=1S/C14H16BrFN2O/c1-9-7-18(8-14(2,3)19-9)11-5-4-10(6-17)12(15)13(11)16/h4-5,9H,7-8H2,1-3H3. The number of ether oxygens (including phenoxy) is 1. The van der Waals surface area contributed by atoms with E-state index in [1.54, 1.807) is 12.1 Å². The summed E-state index contributed by atoms with van der Waals surface area (Å²) in [6, 6.07) is 5.26. The van der Waals surface area contributed by atoms with E-state index in [0.717, 1.165) is 0 Å². The highest BCUT2D eigenvalue weighted by Gasteiger charge is 2.32. The van der Waals surface area contributed by atoms with E-state index in [0.29, 0.717) is 24.3 Å². The van der Waals surface area contributed by atoms with E-state index in [2.05, 4.69) is 15.9 Å². The fourth-order valence-electron chi connectivity index (χ4n) is 2.51. The lowest BCUT2D eigenvalue weighted by Crippen LogP contribution is -2.52. The minimum absolute atomic E-state index is 0.0394. The van der Waals surface area contributed by atoms with Crippen molar-refractivity contribution in [1.29, 1.82) is 5.26 Å². The number of nitrogens with zero attached hydrogens (tertiary/aromatic N) is 2. The van der Waals surface area contributed by atoms with Crippen LogP contribution in [0.15, 0.2) is 16.6 Å². The van der Waals surface area contributed by atoms with Crippen LogP contribution in [0.3, 0.4) is 0 Å². The SMILES string of the molecule is CC1CN(c2ccc(C#N)c(Br)c2F)CC(C)(C)O1. The second-order valence-corrected chi connectivity index (χ2v) is 6.23. The average Bonchev–Trinajstić information content (AvgIpc) is 2.30. The molecule has 102 valence electrons. The Morgan fingerprint density at radius 3 is 2.79 bits per heavy atom. The Balaban J connectivity index is 2.37. The Hall–Kier alpha value is -1.12. The van der Waals surface area contributed by atoms with Gasteiger partial charge in [-0.05, 0) is 48.8 Å². The van der Waals surface area contributed by atoms with Gasteiger partial charge in [0.1, 0.15) is 6.07 Å². The molecule has 5 heteroatoms. The van der Waals surface area contributed by atoms with Gasteiger partial charge in [0.15, 0.2) is 5.82 Å². The third kappa shape index (κ3) is 2.90. The maximum absolute atomic E-state index is 14.3. The highest BCUT2D eigenvalue weighted by atomic mass is 79.9. The topological polar surface area (TPSA) is 36.3 Å². The van der Waals surface area contributed by atoms with E-state index in [9.17, 15) is 4.39 Å². The molecule has 0 spiro atoms. The first kappa shape index (κ1) is 14.3. The van der Waals surface area contributed by atoms with E-state index < -0.39 is 0 Å². The molecule has 3 nitrogen and oxygen atoms in total. The predicted molar refractivity (Wildman–Crippen MR) is 75.7 cm³/mol. The molecule has 2 rings (SSSR count). The van der Waals surface area contributed by atoms with Crippen LogP contribution < -0.4 is 4.90 Å². The highest BCUT2D eigenvalue weighted by molar-refractivity contribution is 9.10. The van der Waals surface area contributed by atoms with Gasteiger partial charge in [0.25, 0.3) is 0 Å². The van der Waals surface area contributed by atoms with Crippen LogP contribution in [0.2, 0.25) is 0 Å². The number of benzene rings is 1. The van der Waals surface area contributed by atoms with Crippen molar-refractivity contribution in [2.45, 2.75) is 32.5 Å². The summed E-state index contributed by atoms with van der Waals surface area (Å²) in [4.78, 5) is 1.97. The first-order valence-corrected chi connectivity index (χ1v) is 6.94. The Labute approximate surface area is 121 Å². The maximum Gasteiger partial charge on any atom is 0.161 e. The normalized spacial score (nSPS) is 22.1. The Morgan fingerprint density at radius 1 is 1.53 bits per heavy atom. The van der Waals surface area contributed by atoms with Crippen LogP contribution in [0.5, 0.6) is 0 Å². The molecule has 1 unspecified atom stereocenters. The molecular formula is C14H16BrFN2O. The molecule has 0 radical (unpaired) electrons. The molecule has 0 bridgehead atoms. The Bertz CT molecular complexity index is 539. The monoisotopic (exact) mass is 326 g/mol. The van der Waals surface area contributed by atoms with Gasteiger partial charge in [-0.3, -0.25) is 0 Å². The fraction of sp³-hybridized carbons (Fsp3) is 0.500. The molecule has 1 aliphatic rings. The zero-order chi connectivity index (χ0) is 14.2. The van der Waals surface area contributed by atoms with Crippen molar-refractivity contribution in [3.05, 3.63) is 28.0 Å². The van der Waals surface area contributed by atoms with Gasteiger partial charge in [-0.25, -0.2) is 4.39 Å². The van der Waals surface area contributed by atoms with Gasteiger partial charge in [0, 0.05) is 13.1 Å². The molecule has 0 amide bonds. The molecule has 0 N–H and O–H groups in total. The van der Waals surface area contributed by atoms with E-state index in [4.69, 9.17) is 10.00 Å². The molecule has 0 aliphatic carbocycles. The second-order valence-electron chi connectivity index (χ2n) is 5.44. The van der Waals surface area contributed by atoms with Gasteiger partial charge in [0.2, 0.25) is 0 Å². The van der Waals surface area contributed by atoms with Gasteiger partial charge in [-0.2, -0.15) is 5.26 Å². The molecule has 1 saturated heterocycles. The van der Waals surface area contributed by atoms with E-state index in [-0.39, 0.29) is 22.0 Å². The van der Waals surface area contributed by atoms with Gasteiger partial charge in [-0.1, -0.05) is 0 Å². The molecule has 1 atom stereocenters. The van der Waals surface area contributed by atoms with Crippen LogP contribution in [0.4, 0.5) is 10.1 Å². The van der Waals surface area contributed by atoms with Crippen molar-refractivity contribution in [2.75, 3.05) is 18.0 Å². The number of halogens is 2. The summed E-state index contributed by atoms with van der Waals surface area (Å²) < 4.78 is 20.4. The Morgan fingerprint density at radius 2 is 2.21 bits per heavy atom. The second kappa shape index (κ2) is 5.10. The number of nitriles is 1. The van der Waals surface area contributed by atoms with E-state index in [1.807, 2.05) is 31.7 Å². The third-order valence-electron chi connectivity index (χ3n) is 3.09. The number of rotatable bonds is 1. The van der Waals surface area contributed by atoms with Gasteiger partial charge in [-0.15, -0.1) is 0 Å². The van der Waals surface area contributed by atoms with Crippen molar-refractivity contribution in [1.82, 2.24) is 0 Å². The zero-order valence-electron chi connectivity index (χ0n) is 11.2. The lowest BCUT2D eigenvalue weighted by Gasteiger charge is -2.43. The number of morpholine rings is 1. The molecule has 0 saturated carbocycles. The summed E-state index contributed by atoms with van der Waals surface area (Å²) >= 11 is 3.15. The molecule has 0 aromatic heterocycles. The molecule has 1 aromatic carbocycles. The lowest BCUT2D eigenvalue weighted by atomic mass is 10.0. The van der Waals surface area contributed by atoms with Crippen molar-refractivity contribution in [2.24, 2.45) is 0 Å². The maximum atomic E-state index is 14.3. The number of hydrogen-bond acceptors (Lipinski definition) is 3. The minimum atomic E-state index is -0.385. The fourth-order valence-corrected chi connectivity index (χ4v) is 2.93. The van der Waals surface area contributed by atoms with Crippen LogP contribution in [0.25, 0.3) is 0 Å². The van der Waals surface area contributed by atoms with Crippen LogP contribution in [0, 0.1) is 17.1 Å². The van der Waals surface area contributed by atoms with Gasteiger partial charge in [0.05, 0.1) is 27.4 Å². The summed E-state index contributed by atoms with van der Waals surface area (Å²) in [5, 5.41) is 8.89. The van der Waals surface area contributed by atoms with Crippen molar-refractivity contribution >= 4 is 21.6 Å².